The lowest BCUT2D eigenvalue weighted by Gasteiger charge is -2.18. The standard InChI is InChI=1S/C10H14N2.C5H9NO/c1-12-7-3-5-10(12)9-4-2-6-11-8-9;1-2-5-6-3-4-7-5/h2,4,6,8,10H,3,5,7H2,1H3;2-4H2,1H3. The maximum atomic E-state index is 5.05. The third kappa shape index (κ3) is 4.03. The van der Waals surface area contributed by atoms with Gasteiger partial charge in [0.1, 0.15) is 6.61 Å². The normalized spacial score (nSPS) is 22.4. The summed E-state index contributed by atoms with van der Waals surface area (Å²) in [6.45, 7) is 4.93. The summed E-state index contributed by atoms with van der Waals surface area (Å²) in [6, 6.07) is 4.79. The Morgan fingerprint density at radius 1 is 1.47 bits per heavy atom. The molecule has 4 heteroatoms. The van der Waals surface area contributed by atoms with E-state index in [9.17, 15) is 0 Å². The maximum Gasteiger partial charge on any atom is 0.183 e. The van der Waals surface area contributed by atoms with E-state index in [4.69, 9.17) is 4.74 Å². The van der Waals surface area contributed by atoms with Gasteiger partial charge in [-0.05, 0) is 38.1 Å². The second-order valence-electron chi connectivity index (χ2n) is 4.90. The molecule has 1 saturated heterocycles. The van der Waals surface area contributed by atoms with E-state index in [2.05, 4.69) is 28.0 Å². The third-order valence-electron chi connectivity index (χ3n) is 3.54. The molecule has 1 fully saturated rings. The molecule has 0 amide bonds. The van der Waals surface area contributed by atoms with Crippen LogP contribution < -0.4 is 0 Å². The van der Waals surface area contributed by atoms with Crippen LogP contribution in [0.2, 0.25) is 0 Å². The average molecular weight is 261 g/mol. The number of aromatic nitrogens is 1. The summed E-state index contributed by atoms with van der Waals surface area (Å²) in [5.41, 5.74) is 1.36. The predicted molar refractivity (Wildman–Crippen MR) is 77.4 cm³/mol. The first-order valence-corrected chi connectivity index (χ1v) is 7.07. The molecule has 2 aliphatic heterocycles. The molecule has 2 aliphatic rings. The molecule has 0 aliphatic carbocycles. The first-order valence-electron chi connectivity index (χ1n) is 7.07. The van der Waals surface area contributed by atoms with E-state index >= 15 is 0 Å². The Bertz CT molecular complexity index is 405. The highest BCUT2D eigenvalue weighted by atomic mass is 16.5. The van der Waals surface area contributed by atoms with E-state index < -0.39 is 0 Å². The summed E-state index contributed by atoms with van der Waals surface area (Å²) >= 11 is 0. The summed E-state index contributed by atoms with van der Waals surface area (Å²) in [6.07, 6.45) is 7.35. The lowest BCUT2D eigenvalue weighted by Crippen LogP contribution is -2.17. The Morgan fingerprint density at radius 3 is 2.84 bits per heavy atom. The predicted octanol–water partition coefficient (Wildman–Crippen LogP) is 2.67. The molecule has 1 aromatic rings. The number of hydrogen-bond acceptors (Lipinski definition) is 4. The topological polar surface area (TPSA) is 37.7 Å². The Hall–Kier alpha value is -1.42. The van der Waals surface area contributed by atoms with E-state index in [-0.39, 0.29) is 0 Å². The second-order valence-corrected chi connectivity index (χ2v) is 4.90. The Balaban J connectivity index is 0.000000163. The van der Waals surface area contributed by atoms with Gasteiger partial charge in [0.15, 0.2) is 5.90 Å². The number of nitrogens with zero attached hydrogens (tertiary/aromatic N) is 3. The molecule has 0 bridgehead atoms. The van der Waals surface area contributed by atoms with Gasteiger partial charge in [-0.15, -0.1) is 0 Å². The quantitative estimate of drug-likeness (QED) is 0.821. The van der Waals surface area contributed by atoms with Crippen LogP contribution >= 0.6 is 0 Å². The highest BCUT2D eigenvalue weighted by Gasteiger charge is 2.21. The van der Waals surface area contributed by atoms with Gasteiger partial charge in [-0.3, -0.25) is 14.9 Å². The molecule has 19 heavy (non-hydrogen) atoms. The van der Waals surface area contributed by atoms with E-state index in [0.717, 1.165) is 25.5 Å². The fourth-order valence-corrected chi connectivity index (χ4v) is 2.50. The van der Waals surface area contributed by atoms with Gasteiger partial charge in [-0.1, -0.05) is 13.0 Å². The van der Waals surface area contributed by atoms with Crippen LogP contribution in [0, 0.1) is 0 Å². The highest BCUT2D eigenvalue weighted by molar-refractivity contribution is 5.76. The van der Waals surface area contributed by atoms with Crippen LogP contribution in [-0.4, -0.2) is 42.5 Å². The maximum absolute atomic E-state index is 5.05. The Kier molecular flexibility index (Phi) is 5.33. The zero-order chi connectivity index (χ0) is 13.5. The average Bonchev–Trinajstić information content (AvgIpc) is 3.11. The molecule has 3 rings (SSSR count). The van der Waals surface area contributed by atoms with Crippen LogP contribution in [0.3, 0.4) is 0 Å². The molecule has 1 unspecified atom stereocenters. The fraction of sp³-hybridized carbons (Fsp3) is 0.600. The number of pyridine rings is 1. The van der Waals surface area contributed by atoms with Crippen molar-refractivity contribution >= 4 is 5.90 Å². The lowest BCUT2D eigenvalue weighted by molar-refractivity contribution is 0.317. The highest BCUT2D eigenvalue weighted by Crippen LogP contribution is 2.29. The Morgan fingerprint density at radius 2 is 2.37 bits per heavy atom. The molecular formula is C15H23N3O. The number of likely N-dealkylation sites (tertiary alicyclic amines) is 1. The molecular weight excluding hydrogens is 238 g/mol. The molecule has 104 valence electrons. The van der Waals surface area contributed by atoms with Gasteiger partial charge >= 0.3 is 0 Å². The fourth-order valence-electron chi connectivity index (χ4n) is 2.50. The minimum Gasteiger partial charge on any atom is -0.479 e. The van der Waals surface area contributed by atoms with Gasteiger partial charge in [0.2, 0.25) is 0 Å². The van der Waals surface area contributed by atoms with Crippen LogP contribution in [0.15, 0.2) is 29.5 Å². The third-order valence-corrected chi connectivity index (χ3v) is 3.54. The van der Waals surface area contributed by atoms with Crippen LogP contribution in [-0.2, 0) is 4.74 Å². The molecule has 3 heterocycles. The molecule has 1 aromatic heterocycles. The second kappa shape index (κ2) is 7.24. The molecule has 1 atom stereocenters. The van der Waals surface area contributed by atoms with Crippen molar-refractivity contribution in [1.82, 2.24) is 9.88 Å². The summed E-state index contributed by atoms with van der Waals surface area (Å²) in [5, 5.41) is 0. The van der Waals surface area contributed by atoms with Crippen LogP contribution in [0.4, 0.5) is 0 Å². The molecule has 0 radical (unpaired) electrons. The van der Waals surface area contributed by atoms with Crippen LogP contribution in [0.25, 0.3) is 0 Å². The van der Waals surface area contributed by atoms with Gasteiger partial charge in [0.05, 0.1) is 6.54 Å². The van der Waals surface area contributed by atoms with Crippen molar-refractivity contribution in [2.75, 3.05) is 26.7 Å². The number of hydrogen-bond donors (Lipinski definition) is 0. The molecule has 4 nitrogen and oxygen atoms in total. The first-order chi connectivity index (χ1) is 9.31. The molecule has 0 aromatic carbocycles. The van der Waals surface area contributed by atoms with Crippen molar-refractivity contribution in [3.05, 3.63) is 30.1 Å². The monoisotopic (exact) mass is 261 g/mol. The molecule has 0 saturated carbocycles. The number of ether oxygens (including phenoxy) is 1. The van der Waals surface area contributed by atoms with Gasteiger partial charge in [-0.25, -0.2) is 0 Å². The summed E-state index contributed by atoms with van der Waals surface area (Å²) in [4.78, 5) is 10.6. The van der Waals surface area contributed by atoms with Crippen LogP contribution in [0.1, 0.15) is 37.8 Å². The lowest BCUT2D eigenvalue weighted by atomic mass is 10.1. The molecule has 0 spiro atoms. The van der Waals surface area contributed by atoms with Gasteiger partial charge < -0.3 is 4.74 Å². The zero-order valence-electron chi connectivity index (χ0n) is 11.9. The van der Waals surface area contributed by atoms with Crippen molar-refractivity contribution in [3.8, 4) is 0 Å². The minimum atomic E-state index is 0.610. The largest absolute Gasteiger partial charge is 0.479 e. The van der Waals surface area contributed by atoms with Gasteiger partial charge in [-0.2, -0.15) is 0 Å². The van der Waals surface area contributed by atoms with Crippen molar-refractivity contribution < 1.29 is 4.74 Å². The van der Waals surface area contributed by atoms with E-state index in [1.54, 1.807) is 0 Å². The zero-order valence-corrected chi connectivity index (χ0v) is 11.9. The van der Waals surface area contributed by atoms with Gasteiger partial charge in [0, 0.05) is 24.9 Å². The van der Waals surface area contributed by atoms with Crippen molar-refractivity contribution in [2.45, 2.75) is 32.2 Å². The first kappa shape index (κ1) is 14.0. The van der Waals surface area contributed by atoms with E-state index in [1.165, 1.54) is 24.9 Å². The van der Waals surface area contributed by atoms with Gasteiger partial charge in [0.25, 0.3) is 0 Å². The number of aliphatic imine (C=N–C) groups is 1. The van der Waals surface area contributed by atoms with E-state index in [0.29, 0.717) is 6.04 Å². The molecule has 0 N–H and O–H groups in total. The smallest absolute Gasteiger partial charge is 0.183 e. The van der Waals surface area contributed by atoms with Crippen molar-refractivity contribution in [1.29, 1.82) is 0 Å². The van der Waals surface area contributed by atoms with Crippen molar-refractivity contribution in [3.63, 3.8) is 0 Å². The van der Waals surface area contributed by atoms with Crippen molar-refractivity contribution in [2.24, 2.45) is 4.99 Å². The van der Waals surface area contributed by atoms with E-state index in [1.807, 2.05) is 25.4 Å². The SMILES string of the molecule is CCC1=NCCO1.CN1CCCC1c1cccnc1. The summed E-state index contributed by atoms with van der Waals surface area (Å²) < 4.78 is 5.05. The summed E-state index contributed by atoms with van der Waals surface area (Å²) in [7, 11) is 2.19. The minimum absolute atomic E-state index is 0.610. The Labute approximate surface area is 115 Å². The summed E-state index contributed by atoms with van der Waals surface area (Å²) in [5.74, 6) is 0.917. The van der Waals surface area contributed by atoms with Crippen LogP contribution in [0.5, 0.6) is 0 Å². The number of rotatable bonds is 2.